The first-order valence-electron chi connectivity index (χ1n) is 8.51. The molecule has 1 heterocycles. The minimum absolute atomic E-state index is 0.0339. The Balaban J connectivity index is 1.58. The van der Waals surface area contributed by atoms with Gasteiger partial charge in [-0.1, -0.05) is 43.2 Å². The van der Waals surface area contributed by atoms with Gasteiger partial charge in [0.1, 0.15) is 0 Å². The van der Waals surface area contributed by atoms with Crippen molar-refractivity contribution < 1.29 is 9.90 Å². The highest BCUT2D eigenvalue weighted by Gasteiger charge is 2.56. The van der Waals surface area contributed by atoms with Gasteiger partial charge >= 0.3 is 0 Å². The number of amides is 1. The second-order valence-corrected chi connectivity index (χ2v) is 7.10. The molecule has 0 spiro atoms. The molecule has 1 aliphatic heterocycles. The highest BCUT2D eigenvalue weighted by atomic mass is 16.3. The Kier molecular flexibility index (Phi) is 3.46. The second-order valence-electron chi connectivity index (χ2n) is 7.10. The molecule has 2 saturated carbocycles. The largest absolute Gasteiger partial charge is 0.375 e. The molecule has 2 aliphatic carbocycles. The summed E-state index contributed by atoms with van der Waals surface area (Å²) >= 11 is 0. The molecular formula is C18H24N2O2. The number of carbonyl (C=O) groups is 1. The number of rotatable bonds is 4. The van der Waals surface area contributed by atoms with Gasteiger partial charge < -0.3 is 15.7 Å². The third-order valence-electron chi connectivity index (χ3n) is 5.90. The Morgan fingerprint density at radius 1 is 1.14 bits per heavy atom. The molecule has 4 rings (SSSR count). The van der Waals surface area contributed by atoms with E-state index in [1.54, 1.807) is 0 Å². The maximum atomic E-state index is 13.0. The Hall–Kier alpha value is -1.39. The summed E-state index contributed by atoms with van der Waals surface area (Å²) in [6.07, 6.45) is 4.06. The van der Waals surface area contributed by atoms with Gasteiger partial charge in [0.05, 0.1) is 0 Å². The summed E-state index contributed by atoms with van der Waals surface area (Å²) in [5.74, 6) is 0.969. The third kappa shape index (κ3) is 2.17. The molecule has 0 radical (unpaired) electrons. The van der Waals surface area contributed by atoms with E-state index in [0.717, 1.165) is 44.3 Å². The molecular weight excluding hydrogens is 276 g/mol. The van der Waals surface area contributed by atoms with Gasteiger partial charge in [0.2, 0.25) is 0 Å². The number of hydrogen-bond donors (Lipinski definition) is 3. The van der Waals surface area contributed by atoms with E-state index in [4.69, 9.17) is 0 Å². The van der Waals surface area contributed by atoms with Crippen LogP contribution in [0.4, 0.5) is 0 Å². The highest BCUT2D eigenvalue weighted by molar-refractivity contribution is 5.87. The van der Waals surface area contributed by atoms with Crippen molar-refractivity contribution in [3.63, 3.8) is 0 Å². The standard InChI is InChI=1S/C18H24N2O2/c21-17(20-16-14-10-19-11-15(14)16)18(22,13-8-4-5-9-13)12-6-2-1-3-7-12/h1-3,6-7,13-16,19,22H,4-5,8-11H2,(H,20,21). The van der Waals surface area contributed by atoms with Gasteiger partial charge in [-0.05, 0) is 30.2 Å². The lowest BCUT2D eigenvalue weighted by atomic mass is 9.79. The molecule has 22 heavy (non-hydrogen) atoms. The molecule has 3 N–H and O–H groups in total. The Morgan fingerprint density at radius 3 is 2.41 bits per heavy atom. The number of hydrogen-bond acceptors (Lipinski definition) is 3. The van der Waals surface area contributed by atoms with Gasteiger partial charge in [0.15, 0.2) is 5.60 Å². The summed E-state index contributed by atoms with van der Waals surface area (Å²) in [5.41, 5.74) is -0.634. The van der Waals surface area contributed by atoms with Crippen molar-refractivity contribution >= 4 is 5.91 Å². The van der Waals surface area contributed by atoms with Gasteiger partial charge in [-0.3, -0.25) is 4.79 Å². The molecule has 1 saturated heterocycles. The van der Waals surface area contributed by atoms with Crippen LogP contribution in [-0.2, 0) is 10.4 Å². The zero-order valence-electron chi connectivity index (χ0n) is 12.8. The summed E-state index contributed by atoms with van der Waals surface area (Å²) in [6.45, 7) is 1.98. The number of aliphatic hydroxyl groups is 1. The first kappa shape index (κ1) is 14.2. The van der Waals surface area contributed by atoms with E-state index in [1.165, 1.54) is 0 Å². The minimum atomic E-state index is -1.37. The van der Waals surface area contributed by atoms with Crippen LogP contribution in [0, 0.1) is 17.8 Å². The van der Waals surface area contributed by atoms with Crippen molar-refractivity contribution in [3.05, 3.63) is 35.9 Å². The van der Waals surface area contributed by atoms with Gasteiger partial charge in [-0.15, -0.1) is 0 Å². The molecule has 3 aliphatic rings. The van der Waals surface area contributed by atoms with Gasteiger partial charge in [0, 0.05) is 25.0 Å². The topological polar surface area (TPSA) is 61.4 Å². The molecule has 3 atom stereocenters. The fourth-order valence-electron chi connectivity index (χ4n) is 4.48. The van der Waals surface area contributed by atoms with Crippen molar-refractivity contribution in [1.29, 1.82) is 0 Å². The van der Waals surface area contributed by atoms with Crippen LogP contribution in [0.5, 0.6) is 0 Å². The molecule has 0 aromatic heterocycles. The lowest BCUT2D eigenvalue weighted by Crippen LogP contribution is -2.50. The summed E-state index contributed by atoms with van der Waals surface area (Å²) < 4.78 is 0. The van der Waals surface area contributed by atoms with Crippen LogP contribution in [0.3, 0.4) is 0 Å². The van der Waals surface area contributed by atoms with Crippen molar-refractivity contribution in [2.45, 2.75) is 37.3 Å². The van der Waals surface area contributed by atoms with Crippen LogP contribution in [-0.4, -0.2) is 30.1 Å². The Morgan fingerprint density at radius 2 is 1.77 bits per heavy atom. The van der Waals surface area contributed by atoms with E-state index in [0.29, 0.717) is 11.8 Å². The average Bonchev–Trinajstić information content (AvgIpc) is 3.03. The maximum Gasteiger partial charge on any atom is 0.257 e. The SMILES string of the molecule is O=C(NC1C2CNCC21)C(O)(c1ccccc1)C1CCCC1. The lowest BCUT2D eigenvalue weighted by molar-refractivity contribution is -0.147. The van der Waals surface area contributed by atoms with E-state index in [-0.39, 0.29) is 17.9 Å². The van der Waals surface area contributed by atoms with Crippen LogP contribution in [0.1, 0.15) is 31.2 Å². The van der Waals surface area contributed by atoms with Crippen molar-refractivity contribution in [2.24, 2.45) is 17.8 Å². The number of fused-ring (bicyclic) bond motifs is 1. The van der Waals surface area contributed by atoms with Crippen LogP contribution >= 0.6 is 0 Å². The summed E-state index contributed by atoms with van der Waals surface area (Å²) in [4.78, 5) is 13.0. The molecule has 1 aromatic rings. The number of carbonyl (C=O) groups excluding carboxylic acids is 1. The second kappa shape index (κ2) is 5.36. The predicted molar refractivity (Wildman–Crippen MR) is 84.1 cm³/mol. The summed E-state index contributed by atoms with van der Waals surface area (Å²) in [6, 6.07) is 9.75. The number of piperidine rings is 1. The van der Waals surface area contributed by atoms with E-state index in [2.05, 4.69) is 10.6 Å². The predicted octanol–water partition coefficient (Wildman–Crippen LogP) is 1.40. The Labute approximate surface area is 131 Å². The normalized spacial score (nSPS) is 33.2. The maximum absolute atomic E-state index is 13.0. The van der Waals surface area contributed by atoms with E-state index < -0.39 is 5.60 Å². The van der Waals surface area contributed by atoms with Crippen molar-refractivity contribution in [1.82, 2.24) is 10.6 Å². The number of nitrogens with one attached hydrogen (secondary N) is 2. The molecule has 1 aromatic carbocycles. The molecule has 0 bridgehead atoms. The molecule has 3 unspecified atom stereocenters. The van der Waals surface area contributed by atoms with Gasteiger partial charge in [-0.2, -0.15) is 0 Å². The van der Waals surface area contributed by atoms with E-state index >= 15 is 0 Å². The summed E-state index contributed by atoms with van der Waals surface area (Å²) in [7, 11) is 0. The highest BCUT2D eigenvalue weighted by Crippen LogP contribution is 2.44. The van der Waals surface area contributed by atoms with Crippen LogP contribution in [0.2, 0.25) is 0 Å². The smallest absolute Gasteiger partial charge is 0.257 e. The van der Waals surface area contributed by atoms with Crippen LogP contribution in [0.15, 0.2) is 30.3 Å². The zero-order chi connectivity index (χ0) is 15.2. The molecule has 4 heteroatoms. The van der Waals surface area contributed by atoms with E-state index in [1.807, 2.05) is 30.3 Å². The van der Waals surface area contributed by atoms with Crippen LogP contribution in [0.25, 0.3) is 0 Å². The fraction of sp³-hybridized carbons (Fsp3) is 0.611. The Bertz CT molecular complexity index is 545. The first-order chi connectivity index (χ1) is 10.7. The number of benzene rings is 1. The summed E-state index contributed by atoms with van der Waals surface area (Å²) in [5, 5.41) is 17.8. The molecule has 118 valence electrons. The fourth-order valence-corrected chi connectivity index (χ4v) is 4.48. The zero-order valence-corrected chi connectivity index (χ0v) is 12.8. The lowest BCUT2D eigenvalue weighted by Gasteiger charge is -2.33. The molecule has 3 fully saturated rings. The third-order valence-corrected chi connectivity index (χ3v) is 5.90. The monoisotopic (exact) mass is 300 g/mol. The average molecular weight is 300 g/mol. The van der Waals surface area contributed by atoms with E-state index in [9.17, 15) is 9.90 Å². The van der Waals surface area contributed by atoms with Gasteiger partial charge in [0.25, 0.3) is 5.91 Å². The van der Waals surface area contributed by atoms with Crippen molar-refractivity contribution in [2.75, 3.05) is 13.1 Å². The van der Waals surface area contributed by atoms with Crippen LogP contribution < -0.4 is 10.6 Å². The first-order valence-corrected chi connectivity index (χ1v) is 8.51. The quantitative estimate of drug-likeness (QED) is 0.788. The van der Waals surface area contributed by atoms with Gasteiger partial charge in [-0.25, -0.2) is 0 Å². The molecule has 1 amide bonds. The minimum Gasteiger partial charge on any atom is -0.375 e. The van der Waals surface area contributed by atoms with Crippen molar-refractivity contribution in [3.8, 4) is 0 Å². The molecule has 4 nitrogen and oxygen atoms in total.